The fourth-order valence-corrected chi connectivity index (χ4v) is 3.30. The number of aryl methyl sites for hydroxylation is 1. The van der Waals surface area contributed by atoms with Crippen LogP contribution in [0.3, 0.4) is 0 Å². The lowest BCUT2D eigenvalue weighted by Gasteiger charge is -2.17. The van der Waals surface area contributed by atoms with Crippen LogP contribution in [0.5, 0.6) is 0 Å². The molecule has 2 aromatic rings. The van der Waals surface area contributed by atoms with Crippen LogP contribution in [0, 0.1) is 0 Å². The Kier molecular flexibility index (Phi) is 5.34. The molecule has 0 spiro atoms. The summed E-state index contributed by atoms with van der Waals surface area (Å²) >= 11 is 0. The summed E-state index contributed by atoms with van der Waals surface area (Å²) in [6, 6.07) is 5.45. The zero-order valence-electron chi connectivity index (χ0n) is 14.7. The standard InChI is InChI=1S/C20H15F6NO2/c21-19(22,23)14-8-13(9-15(10-14)20(24,25)26)18(29)27-17-4-2-12-7-11(5-6-28)1-3-16(12)17/h1,3,5-10,17,28H,2,4H2,(H,27,29)/b6-5+. The van der Waals surface area contributed by atoms with Crippen molar-refractivity contribution < 1.29 is 36.2 Å². The molecule has 1 aliphatic rings. The molecule has 0 aromatic heterocycles. The summed E-state index contributed by atoms with van der Waals surface area (Å²) < 4.78 is 77.9. The molecule has 9 heteroatoms. The van der Waals surface area contributed by atoms with Crippen LogP contribution in [-0.2, 0) is 18.8 Å². The molecule has 154 valence electrons. The van der Waals surface area contributed by atoms with Gasteiger partial charge in [0.05, 0.1) is 23.4 Å². The number of fused-ring (bicyclic) bond motifs is 1. The van der Waals surface area contributed by atoms with E-state index in [1.165, 1.54) is 6.08 Å². The van der Waals surface area contributed by atoms with Crippen LogP contribution in [0.1, 0.15) is 50.6 Å². The van der Waals surface area contributed by atoms with Crippen LogP contribution < -0.4 is 5.32 Å². The van der Waals surface area contributed by atoms with Crippen molar-refractivity contribution in [1.82, 2.24) is 5.32 Å². The molecule has 1 amide bonds. The van der Waals surface area contributed by atoms with Gasteiger partial charge in [-0.2, -0.15) is 26.3 Å². The van der Waals surface area contributed by atoms with Crippen molar-refractivity contribution >= 4 is 12.0 Å². The first kappa shape index (κ1) is 20.8. The van der Waals surface area contributed by atoms with E-state index in [0.29, 0.717) is 25.0 Å². The maximum Gasteiger partial charge on any atom is 0.416 e. The van der Waals surface area contributed by atoms with Crippen LogP contribution in [0.15, 0.2) is 42.7 Å². The van der Waals surface area contributed by atoms with E-state index >= 15 is 0 Å². The van der Waals surface area contributed by atoms with Crippen molar-refractivity contribution in [3.63, 3.8) is 0 Å². The molecule has 29 heavy (non-hydrogen) atoms. The number of carbonyl (C=O) groups is 1. The van der Waals surface area contributed by atoms with Gasteiger partial charge in [-0.05, 0) is 53.8 Å². The zero-order chi connectivity index (χ0) is 21.4. The zero-order valence-corrected chi connectivity index (χ0v) is 14.7. The third kappa shape index (κ3) is 4.55. The molecule has 0 heterocycles. The highest BCUT2D eigenvalue weighted by Gasteiger charge is 2.37. The number of halogens is 6. The van der Waals surface area contributed by atoms with E-state index in [9.17, 15) is 31.1 Å². The van der Waals surface area contributed by atoms with Gasteiger partial charge in [0.15, 0.2) is 0 Å². The Hall–Kier alpha value is -2.97. The summed E-state index contributed by atoms with van der Waals surface area (Å²) in [6.45, 7) is 0. The van der Waals surface area contributed by atoms with Gasteiger partial charge in [-0.15, -0.1) is 0 Å². The number of benzene rings is 2. The van der Waals surface area contributed by atoms with Crippen molar-refractivity contribution in [2.45, 2.75) is 31.2 Å². The van der Waals surface area contributed by atoms with E-state index in [0.717, 1.165) is 23.0 Å². The van der Waals surface area contributed by atoms with E-state index in [4.69, 9.17) is 5.11 Å². The number of aliphatic hydroxyl groups excluding tert-OH is 1. The Morgan fingerprint density at radius 2 is 1.62 bits per heavy atom. The molecule has 0 bridgehead atoms. The van der Waals surface area contributed by atoms with Crippen LogP contribution in [0.25, 0.3) is 6.08 Å². The largest absolute Gasteiger partial charge is 0.516 e. The quantitative estimate of drug-likeness (QED) is 0.501. The summed E-state index contributed by atoms with van der Waals surface area (Å²) in [5.41, 5.74) is -1.44. The first-order valence-corrected chi connectivity index (χ1v) is 8.53. The summed E-state index contributed by atoms with van der Waals surface area (Å²) in [6.07, 6.45) is -6.67. The van der Waals surface area contributed by atoms with Gasteiger partial charge in [-0.3, -0.25) is 4.79 Å². The number of hydrogen-bond donors (Lipinski definition) is 2. The Morgan fingerprint density at radius 3 is 2.17 bits per heavy atom. The third-order valence-electron chi connectivity index (χ3n) is 4.67. The molecule has 1 aliphatic carbocycles. The van der Waals surface area contributed by atoms with E-state index < -0.39 is 41.0 Å². The van der Waals surface area contributed by atoms with E-state index in [-0.39, 0.29) is 6.07 Å². The molecule has 0 radical (unpaired) electrons. The van der Waals surface area contributed by atoms with Gasteiger partial charge in [0.1, 0.15) is 0 Å². The highest BCUT2D eigenvalue weighted by Crippen LogP contribution is 2.37. The van der Waals surface area contributed by atoms with Crippen molar-refractivity contribution in [2.75, 3.05) is 0 Å². The smallest absolute Gasteiger partial charge is 0.416 e. The maximum atomic E-state index is 13.0. The molecule has 0 saturated heterocycles. The third-order valence-corrected chi connectivity index (χ3v) is 4.67. The van der Waals surface area contributed by atoms with Crippen LogP contribution in [0.4, 0.5) is 26.3 Å². The molecule has 2 N–H and O–H groups in total. The minimum absolute atomic E-state index is 0.0160. The molecule has 0 aliphatic heterocycles. The minimum Gasteiger partial charge on any atom is -0.516 e. The lowest BCUT2D eigenvalue weighted by Crippen LogP contribution is -2.28. The van der Waals surface area contributed by atoms with Gasteiger partial charge in [0, 0.05) is 5.56 Å². The van der Waals surface area contributed by atoms with Gasteiger partial charge in [-0.25, -0.2) is 0 Å². The van der Waals surface area contributed by atoms with Crippen LogP contribution >= 0.6 is 0 Å². The van der Waals surface area contributed by atoms with E-state index in [2.05, 4.69) is 5.32 Å². The SMILES string of the molecule is O=C(NC1CCc2cc(/C=C/O)ccc21)c1cc(C(F)(F)F)cc(C(F)(F)F)c1. The summed E-state index contributed by atoms with van der Waals surface area (Å²) in [7, 11) is 0. The van der Waals surface area contributed by atoms with Gasteiger partial charge in [0.2, 0.25) is 0 Å². The number of amides is 1. The number of hydrogen-bond acceptors (Lipinski definition) is 2. The number of rotatable bonds is 3. The molecular weight excluding hydrogens is 400 g/mol. The van der Waals surface area contributed by atoms with Gasteiger partial charge < -0.3 is 10.4 Å². The first-order chi connectivity index (χ1) is 13.5. The molecule has 2 aromatic carbocycles. The van der Waals surface area contributed by atoms with Crippen molar-refractivity contribution in [3.05, 3.63) is 76.0 Å². The highest BCUT2D eigenvalue weighted by molar-refractivity contribution is 5.95. The summed E-state index contributed by atoms with van der Waals surface area (Å²) in [5, 5.41) is 11.3. The van der Waals surface area contributed by atoms with Gasteiger partial charge >= 0.3 is 12.4 Å². The second-order valence-electron chi connectivity index (χ2n) is 6.63. The fourth-order valence-electron chi connectivity index (χ4n) is 3.30. The lowest BCUT2D eigenvalue weighted by molar-refractivity contribution is -0.143. The second kappa shape index (κ2) is 7.46. The predicted molar refractivity (Wildman–Crippen MR) is 93.1 cm³/mol. The number of alkyl halides is 6. The highest BCUT2D eigenvalue weighted by atomic mass is 19.4. The Balaban J connectivity index is 1.89. The molecule has 3 rings (SSSR count). The molecule has 1 unspecified atom stereocenters. The van der Waals surface area contributed by atoms with Crippen molar-refractivity contribution in [3.8, 4) is 0 Å². The van der Waals surface area contributed by atoms with Gasteiger partial charge in [0.25, 0.3) is 5.91 Å². The van der Waals surface area contributed by atoms with Crippen molar-refractivity contribution in [2.24, 2.45) is 0 Å². The van der Waals surface area contributed by atoms with E-state index in [1.54, 1.807) is 18.2 Å². The number of carbonyl (C=O) groups excluding carboxylic acids is 1. The summed E-state index contributed by atoms with van der Waals surface area (Å²) in [5.74, 6) is -1.02. The average Bonchev–Trinajstić information content (AvgIpc) is 3.02. The maximum absolute atomic E-state index is 13.0. The number of nitrogens with one attached hydrogen (secondary N) is 1. The molecule has 0 fully saturated rings. The lowest BCUT2D eigenvalue weighted by atomic mass is 10.0. The van der Waals surface area contributed by atoms with E-state index in [1.807, 2.05) is 0 Å². The molecular formula is C20H15F6NO2. The number of aliphatic hydroxyl groups is 1. The summed E-state index contributed by atoms with van der Waals surface area (Å²) in [4.78, 5) is 12.4. The van der Waals surface area contributed by atoms with Crippen molar-refractivity contribution in [1.29, 1.82) is 0 Å². The second-order valence-corrected chi connectivity index (χ2v) is 6.63. The van der Waals surface area contributed by atoms with Crippen LogP contribution in [0.2, 0.25) is 0 Å². The Bertz CT molecular complexity index is 930. The van der Waals surface area contributed by atoms with Gasteiger partial charge in [-0.1, -0.05) is 18.2 Å². The average molecular weight is 415 g/mol. The first-order valence-electron chi connectivity index (χ1n) is 8.53. The fraction of sp³-hybridized carbons (Fsp3) is 0.250. The Morgan fingerprint density at radius 1 is 1.00 bits per heavy atom. The molecule has 1 atom stereocenters. The van der Waals surface area contributed by atoms with Crippen LogP contribution in [-0.4, -0.2) is 11.0 Å². The molecule has 3 nitrogen and oxygen atoms in total. The predicted octanol–water partition coefficient (Wildman–Crippen LogP) is 5.67. The topological polar surface area (TPSA) is 49.3 Å². The molecule has 0 saturated carbocycles. The Labute approximate surface area is 161 Å². The normalized spacial score (nSPS) is 16.8. The monoisotopic (exact) mass is 415 g/mol. The minimum atomic E-state index is -5.02.